The molecule has 0 heterocycles. The lowest BCUT2D eigenvalue weighted by Gasteiger charge is -2.66. The first-order chi connectivity index (χ1) is 25.8. The Morgan fingerprint density at radius 2 is 1.53 bits per heavy atom. The summed E-state index contributed by atoms with van der Waals surface area (Å²) in [6, 6.07) is 0. The number of carbonyl (C=O) groups excluding carboxylic acids is 2. The van der Waals surface area contributed by atoms with Crippen molar-refractivity contribution in [2.75, 3.05) is 53.5 Å². The quantitative estimate of drug-likeness (QED) is 0.0381. The molecular formula is C46H80O8S. The number of thiol groups is 1. The second kappa shape index (κ2) is 19.3. The third-order valence-electron chi connectivity index (χ3n) is 16.0. The van der Waals surface area contributed by atoms with Crippen molar-refractivity contribution < 1.29 is 38.0 Å². The molecule has 318 valence electrons. The minimum atomic E-state index is -1.19. The van der Waals surface area contributed by atoms with E-state index in [1.54, 1.807) is 19.6 Å². The fourth-order valence-electron chi connectivity index (χ4n) is 11.9. The van der Waals surface area contributed by atoms with Crippen LogP contribution in [-0.4, -0.2) is 76.3 Å². The number of ether oxygens (including phenoxy) is 6. The van der Waals surface area contributed by atoms with E-state index in [0.717, 1.165) is 37.0 Å². The van der Waals surface area contributed by atoms with Gasteiger partial charge < -0.3 is 28.4 Å². The van der Waals surface area contributed by atoms with Crippen LogP contribution in [0, 0.1) is 50.7 Å². The van der Waals surface area contributed by atoms with Crippen LogP contribution in [0.5, 0.6) is 0 Å². The minimum Gasteiger partial charge on any atom is -0.463 e. The van der Waals surface area contributed by atoms with Crippen molar-refractivity contribution in [2.45, 2.75) is 164 Å². The van der Waals surface area contributed by atoms with Gasteiger partial charge in [-0.15, -0.1) is 0 Å². The molecule has 3 fully saturated rings. The Hall–Kier alpha value is -1.13. The maximum Gasteiger partial charge on any atom is 0.323 e. The molecule has 3 unspecified atom stereocenters. The fraction of sp³-hybridized carbons (Fsp3) is 0.913. The number of hydrogen-bond donors (Lipinski definition) is 1. The number of methoxy groups -OCH3 is 1. The van der Waals surface area contributed by atoms with Gasteiger partial charge in [-0.05, 0) is 123 Å². The summed E-state index contributed by atoms with van der Waals surface area (Å²) in [5.74, 6) is 2.22. The van der Waals surface area contributed by atoms with Gasteiger partial charge in [0.1, 0.15) is 11.4 Å². The molecule has 9 heteroatoms. The average molecular weight is 793 g/mol. The summed E-state index contributed by atoms with van der Waals surface area (Å²) >= 11 is 4.70. The van der Waals surface area contributed by atoms with Gasteiger partial charge in [-0.25, -0.2) is 0 Å². The molecule has 8 nitrogen and oxygen atoms in total. The van der Waals surface area contributed by atoms with Crippen LogP contribution in [0.15, 0.2) is 11.6 Å². The topological polar surface area (TPSA) is 89.5 Å². The second-order valence-electron chi connectivity index (χ2n) is 19.9. The molecule has 0 spiro atoms. The van der Waals surface area contributed by atoms with E-state index in [1.807, 2.05) is 13.8 Å². The first kappa shape index (κ1) is 46.6. The highest BCUT2D eigenvalue weighted by molar-refractivity contribution is 7.82. The predicted octanol–water partition coefficient (Wildman–Crippen LogP) is 10.4. The van der Waals surface area contributed by atoms with Gasteiger partial charge in [0, 0.05) is 7.11 Å². The molecule has 0 aromatic rings. The van der Waals surface area contributed by atoms with Crippen LogP contribution in [0.4, 0.5) is 0 Å². The Bertz CT molecular complexity index is 1300. The Morgan fingerprint density at radius 3 is 2.18 bits per heavy atom. The van der Waals surface area contributed by atoms with Gasteiger partial charge in [-0.3, -0.25) is 9.59 Å². The molecule has 0 N–H and O–H groups in total. The summed E-state index contributed by atoms with van der Waals surface area (Å²) in [7, 11) is 1.63. The summed E-state index contributed by atoms with van der Waals surface area (Å²) in [4.78, 5) is 26.5. The van der Waals surface area contributed by atoms with Gasteiger partial charge in [0.25, 0.3) is 0 Å². The van der Waals surface area contributed by atoms with Gasteiger partial charge in [0.05, 0.1) is 44.6 Å². The molecule has 4 rings (SSSR count). The monoisotopic (exact) mass is 793 g/mol. The number of carbonyl (C=O) groups is 2. The van der Waals surface area contributed by atoms with Gasteiger partial charge in [0.15, 0.2) is 6.79 Å². The molecular weight excluding hydrogens is 713 g/mol. The first-order valence-corrected chi connectivity index (χ1v) is 22.3. The van der Waals surface area contributed by atoms with E-state index >= 15 is 0 Å². The van der Waals surface area contributed by atoms with Crippen molar-refractivity contribution in [2.24, 2.45) is 50.7 Å². The Labute approximate surface area is 341 Å². The van der Waals surface area contributed by atoms with Crippen molar-refractivity contribution in [3.8, 4) is 0 Å². The zero-order chi connectivity index (χ0) is 40.7. The smallest absolute Gasteiger partial charge is 0.323 e. The average Bonchev–Trinajstić information content (AvgIpc) is 3.41. The summed E-state index contributed by atoms with van der Waals surface area (Å²) in [6.07, 6.45) is 16.9. The van der Waals surface area contributed by atoms with E-state index in [1.165, 1.54) is 51.4 Å². The van der Waals surface area contributed by atoms with Gasteiger partial charge >= 0.3 is 11.9 Å². The lowest BCUT2D eigenvalue weighted by atomic mass is 9.39. The first-order valence-electron chi connectivity index (χ1n) is 21.9. The Balaban J connectivity index is 1.27. The molecule has 0 aliphatic heterocycles. The number of allylic oxidation sites excluding steroid dienone is 1. The molecule has 3 saturated carbocycles. The van der Waals surface area contributed by atoms with Crippen molar-refractivity contribution in [3.63, 3.8) is 0 Å². The number of rotatable bonds is 22. The third-order valence-corrected chi connectivity index (χ3v) is 16.4. The largest absolute Gasteiger partial charge is 0.463 e. The molecule has 0 saturated heterocycles. The summed E-state index contributed by atoms with van der Waals surface area (Å²) in [5.41, 5.74) is 1.91. The molecule has 0 bridgehead atoms. The molecule has 10 atom stereocenters. The Kier molecular flexibility index (Phi) is 16.3. The summed E-state index contributed by atoms with van der Waals surface area (Å²) in [5, 5.41) is 0. The standard InChI is InChI=1S/C46H80O8S/c1-12-41(5,39(47)52-29-28-51-27-26-50-25-24-49-11)31-46(10,55)40(48)54-32-53-36-18-20-44(8)35(30-36)16-17-38-43(7)23-22-42(6,34(4)15-13-14-33(2)3)37(43)19-21-45(38,44)9/h16,33-34,36-38,55H,12-15,17-32H2,1-11H3/t34-,36?,37-,38+,41?,42-,43-,44+,45+,46?/m1/s1. The SMILES string of the molecule is CCC(C)(CC(C)(S)C(=O)OCOC1CC[C@@]2(C)C(=CC[C@H]3[C@]4(C)CC[C@](C)([C@H](C)CCCC(C)C)[C@H]4CC[C@@]32C)C1)C(=O)OCCOCCOCCOC. The Morgan fingerprint density at radius 1 is 0.855 bits per heavy atom. The zero-order valence-corrected chi connectivity index (χ0v) is 37.7. The molecule has 55 heavy (non-hydrogen) atoms. The number of fused-ring (bicyclic) bond motifs is 5. The maximum atomic E-state index is 13.3. The van der Waals surface area contributed by atoms with Crippen molar-refractivity contribution in [1.82, 2.24) is 0 Å². The van der Waals surface area contributed by atoms with Gasteiger partial charge in [-0.2, -0.15) is 12.6 Å². The van der Waals surface area contributed by atoms with Crippen molar-refractivity contribution in [1.29, 1.82) is 0 Å². The second-order valence-corrected chi connectivity index (χ2v) is 20.9. The number of hydrogen-bond acceptors (Lipinski definition) is 9. The highest BCUT2D eigenvalue weighted by Gasteiger charge is 2.67. The summed E-state index contributed by atoms with van der Waals surface area (Å²) < 4.78 is 32.2. The maximum absolute atomic E-state index is 13.3. The number of esters is 2. The van der Waals surface area contributed by atoms with Gasteiger partial charge in [0.2, 0.25) is 0 Å². The van der Waals surface area contributed by atoms with Crippen LogP contribution in [-0.2, 0) is 38.0 Å². The lowest BCUT2D eigenvalue weighted by Crippen LogP contribution is -2.58. The summed E-state index contributed by atoms with van der Waals surface area (Å²) in [6.45, 7) is 25.4. The van der Waals surface area contributed by atoms with Crippen LogP contribution in [0.2, 0.25) is 0 Å². The molecule has 0 amide bonds. The van der Waals surface area contributed by atoms with Crippen molar-refractivity contribution in [3.05, 3.63) is 11.6 Å². The highest BCUT2D eigenvalue weighted by atomic mass is 32.1. The van der Waals surface area contributed by atoms with E-state index < -0.39 is 16.1 Å². The van der Waals surface area contributed by atoms with Crippen LogP contribution in [0.3, 0.4) is 0 Å². The third kappa shape index (κ3) is 10.2. The van der Waals surface area contributed by atoms with Crippen LogP contribution in [0.25, 0.3) is 0 Å². The van der Waals surface area contributed by atoms with E-state index in [2.05, 4.69) is 54.5 Å². The normalized spacial score (nSPS) is 34.4. The zero-order valence-electron chi connectivity index (χ0n) is 36.8. The van der Waals surface area contributed by atoms with Gasteiger partial charge in [-0.1, -0.05) is 86.3 Å². The van der Waals surface area contributed by atoms with E-state index in [0.29, 0.717) is 49.6 Å². The molecule has 4 aliphatic carbocycles. The molecule has 4 aliphatic rings. The lowest BCUT2D eigenvalue weighted by molar-refractivity contribution is -0.170. The van der Waals surface area contributed by atoms with Crippen LogP contribution in [0.1, 0.15) is 153 Å². The molecule has 0 radical (unpaired) electrons. The minimum absolute atomic E-state index is 0.0156. The van der Waals surface area contributed by atoms with Crippen LogP contribution < -0.4 is 0 Å². The molecule has 0 aromatic carbocycles. The van der Waals surface area contributed by atoms with Crippen molar-refractivity contribution >= 4 is 24.6 Å². The van der Waals surface area contributed by atoms with E-state index in [-0.39, 0.29) is 49.3 Å². The highest BCUT2D eigenvalue weighted by Crippen LogP contribution is 2.75. The fourth-order valence-corrected chi connectivity index (χ4v) is 12.3. The van der Waals surface area contributed by atoms with Crippen LogP contribution >= 0.6 is 12.6 Å². The predicted molar refractivity (Wildman–Crippen MR) is 223 cm³/mol. The van der Waals surface area contributed by atoms with E-state index in [9.17, 15) is 9.59 Å². The van der Waals surface area contributed by atoms with E-state index in [4.69, 9.17) is 41.0 Å². The molecule has 0 aromatic heterocycles.